The summed E-state index contributed by atoms with van der Waals surface area (Å²) < 4.78 is 0. The van der Waals surface area contributed by atoms with Crippen molar-refractivity contribution in [2.24, 2.45) is 5.73 Å². The molecule has 3 N–H and O–H groups in total. The van der Waals surface area contributed by atoms with Crippen molar-refractivity contribution in [3.05, 3.63) is 28.8 Å². The first-order valence-corrected chi connectivity index (χ1v) is 5.53. The molecule has 0 unspecified atom stereocenters. The van der Waals surface area contributed by atoms with E-state index in [-0.39, 0.29) is 16.3 Å². The predicted octanol–water partition coefficient (Wildman–Crippen LogP) is 0.0642. The number of nitrogens with one attached hydrogen (secondary N) is 1. The van der Waals surface area contributed by atoms with Crippen LogP contribution in [0.3, 0.4) is 0 Å². The predicted molar refractivity (Wildman–Crippen MR) is 65.9 cm³/mol. The maximum atomic E-state index is 11.8. The summed E-state index contributed by atoms with van der Waals surface area (Å²) >= 11 is 5.84. The van der Waals surface area contributed by atoms with Gasteiger partial charge in [-0.3, -0.25) is 24.6 Å². The Bertz CT molecular complexity index is 614. The van der Waals surface area contributed by atoms with E-state index in [0.717, 1.165) is 4.90 Å². The molecule has 2 rings (SSSR count). The van der Waals surface area contributed by atoms with E-state index in [2.05, 4.69) is 0 Å². The second-order valence-electron chi connectivity index (χ2n) is 3.77. The lowest BCUT2D eigenvalue weighted by molar-refractivity contribution is -0.121. The number of hydrogen-bond donors (Lipinski definition) is 2. The number of imide groups is 1. The number of urea groups is 1. The van der Waals surface area contributed by atoms with Gasteiger partial charge in [-0.2, -0.15) is 0 Å². The summed E-state index contributed by atoms with van der Waals surface area (Å²) in [5, 5.41) is 1.95. The Morgan fingerprint density at radius 2 is 2.00 bits per heavy atom. The summed E-state index contributed by atoms with van der Waals surface area (Å²) in [7, 11) is 0. The number of anilines is 1. The van der Waals surface area contributed by atoms with E-state index >= 15 is 0 Å². The Morgan fingerprint density at radius 3 is 2.63 bits per heavy atom. The van der Waals surface area contributed by atoms with E-state index in [1.54, 1.807) is 6.07 Å². The molecule has 1 aromatic carbocycles. The Labute approximate surface area is 112 Å². The van der Waals surface area contributed by atoms with Crippen molar-refractivity contribution in [1.82, 2.24) is 5.32 Å². The number of carbonyl (C=O) groups is 4. The van der Waals surface area contributed by atoms with Gasteiger partial charge in [-0.1, -0.05) is 17.7 Å². The molecule has 0 radical (unpaired) electrons. The van der Waals surface area contributed by atoms with E-state index in [1.165, 1.54) is 12.1 Å². The summed E-state index contributed by atoms with van der Waals surface area (Å²) in [5.41, 5.74) is 5.08. The van der Waals surface area contributed by atoms with Crippen molar-refractivity contribution < 1.29 is 19.2 Å². The molecule has 8 heteroatoms. The summed E-state index contributed by atoms with van der Waals surface area (Å²) in [6, 6.07) is 3.47. The molecule has 0 fully saturated rings. The van der Waals surface area contributed by atoms with Crippen molar-refractivity contribution in [1.29, 1.82) is 0 Å². The Kier molecular flexibility index (Phi) is 3.22. The Balaban J connectivity index is 2.32. The lowest BCUT2D eigenvalue weighted by atomic mass is 10.1. The third-order valence-corrected chi connectivity index (χ3v) is 2.83. The Morgan fingerprint density at radius 1 is 1.32 bits per heavy atom. The number of hydrogen-bond acceptors (Lipinski definition) is 4. The SMILES string of the molecule is NC(=O)NC(=O)CN1C(=O)C(=O)c2c(Cl)cccc21. The number of Topliss-reactive ketones (excluding diaryl/α,β-unsaturated/α-hetero) is 1. The van der Waals surface area contributed by atoms with Crippen LogP contribution >= 0.6 is 11.6 Å². The van der Waals surface area contributed by atoms with Crippen LogP contribution in [0, 0.1) is 0 Å². The molecule has 1 aromatic rings. The number of nitrogens with two attached hydrogens (primary N) is 1. The second-order valence-corrected chi connectivity index (χ2v) is 4.17. The largest absolute Gasteiger partial charge is 0.351 e. The minimum atomic E-state index is -1.03. The van der Waals surface area contributed by atoms with Gasteiger partial charge < -0.3 is 5.73 Å². The lowest BCUT2D eigenvalue weighted by Gasteiger charge is -2.15. The summed E-state index contributed by atoms with van der Waals surface area (Å²) in [6.07, 6.45) is 0. The van der Waals surface area contributed by atoms with Gasteiger partial charge in [0.05, 0.1) is 16.3 Å². The average molecular weight is 282 g/mol. The molecular weight excluding hydrogens is 274 g/mol. The number of nitrogens with zero attached hydrogens (tertiary/aromatic N) is 1. The standard InChI is InChI=1S/C11H8ClN3O4/c12-5-2-1-3-6-8(5)9(17)10(18)15(6)4-7(16)14-11(13)19/h1-3H,4H2,(H3,13,14,16,19). The van der Waals surface area contributed by atoms with Crippen LogP contribution in [-0.2, 0) is 9.59 Å². The van der Waals surface area contributed by atoms with Gasteiger partial charge in [0.25, 0.3) is 11.7 Å². The van der Waals surface area contributed by atoms with Gasteiger partial charge in [-0.05, 0) is 12.1 Å². The molecule has 0 aromatic heterocycles. The molecule has 19 heavy (non-hydrogen) atoms. The van der Waals surface area contributed by atoms with E-state index in [4.69, 9.17) is 17.3 Å². The zero-order valence-electron chi connectivity index (χ0n) is 9.47. The van der Waals surface area contributed by atoms with Crippen LogP contribution < -0.4 is 16.0 Å². The highest BCUT2D eigenvalue weighted by molar-refractivity contribution is 6.55. The summed E-state index contributed by atoms with van der Waals surface area (Å²) in [5.74, 6) is -2.45. The number of rotatable bonds is 2. The van der Waals surface area contributed by atoms with E-state index < -0.39 is 30.2 Å². The number of amides is 4. The lowest BCUT2D eigenvalue weighted by Crippen LogP contribution is -2.44. The number of primary amides is 1. The number of halogens is 1. The van der Waals surface area contributed by atoms with Crippen molar-refractivity contribution in [2.45, 2.75) is 0 Å². The molecule has 4 amide bonds. The Hall–Kier alpha value is -2.41. The average Bonchev–Trinajstić information content (AvgIpc) is 2.55. The van der Waals surface area contributed by atoms with E-state index in [1.807, 2.05) is 5.32 Å². The minimum Gasteiger partial charge on any atom is -0.351 e. The first kappa shape index (κ1) is 13.0. The number of fused-ring (bicyclic) bond motifs is 1. The number of benzene rings is 1. The van der Waals surface area contributed by atoms with Gasteiger partial charge >= 0.3 is 6.03 Å². The monoisotopic (exact) mass is 281 g/mol. The molecule has 0 spiro atoms. The molecule has 0 saturated carbocycles. The maximum absolute atomic E-state index is 11.8. The van der Waals surface area contributed by atoms with E-state index in [9.17, 15) is 19.2 Å². The van der Waals surface area contributed by atoms with Crippen LogP contribution in [0.1, 0.15) is 10.4 Å². The van der Waals surface area contributed by atoms with Crippen molar-refractivity contribution >= 4 is 40.9 Å². The van der Waals surface area contributed by atoms with Gasteiger partial charge in [0.2, 0.25) is 5.91 Å². The van der Waals surface area contributed by atoms with Gasteiger partial charge in [0.1, 0.15) is 6.54 Å². The molecular formula is C11H8ClN3O4. The number of carbonyl (C=O) groups excluding carboxylic acids is 4. The smallest absolute Gasteiger partial charge is 0.318 e. The van der Waals surface area contributed by atoms with Crippen LogP contribution in [0.4, 0.5) is 10.5 Å². The highest BCUT2D eigenvalue weighted by atomic mass is 35.5. The minimum absolute atomic E-state index is 0.0565. The third kappa shape index (κ3) is 2.27. The molecule has 0 atom stereocenters. The molecule has 7 nitrogen and oxygen atoms in total. The molecule has 1 aliphatic rings. The van der Waals surface area contributed by atoms with E-state index in [0.29, 0.717) is 0 Å². The second kappa shape index (κ2) is 4.69. The quantitative estimate of drug-likeness (QED) is 0.747. The van der Waals surface area contributed by atoms with Crippen LogP contribution in [0.2, 0.25) is 5.02 Å². The molecule has 98 valence electrons. The molecule has 0 aliphatic carbocycles. The molecule has 0 saturated heterocycles. The zero-order valence-corrected chi connectivity index (χ0v) is 10.2. The van der Waals surface area contributed by atoms with Gasteiger partial charge in [-0.25, -0.2) is 4.79 Å². The molecule has 0 bridgehead atoms. The van der Waals surface area contributed by atoms with Crippen molar-refractivity contribution in [3.8, 4) is 0 Å². The fourth-order valence-electron chi connectivity index (χ4n) is 1.78. The van der Waals surface area contributed by atoms with Gasteiger partial charge in [0, 0.05) is 0 Å². The van der Waals surface area contributed by atoms with Crippen LogP contribution in [0.5, 0.6) is 0 Å². The highest BCUT2D eigenvalue weighted by Crippen LogP contribution is 2.33. The molecule has 1 aliphatic heterocycles. The van der Waals surface area contributed by atoms with Crippen molar-refractivity contribution in [2.75, 3.05) is 11.4 Å². The third-order valence-electron chi connectivity index (χ3n) is 2.51. The summed E-state index contributed by atoms with van der Waals surface area (Å²) in [4.78, 5) is 46.4. The first-order valence-electron chi connectivity index (χ1n) is 5.16. The van der Waals surface area contributed by atoms with Crippen LogP contribution in [0.25, 0.3) is 0 Å². The maximum Gasteiger partial charge on any atom is 0.318 e. The fourth-order valence-corrected chi connectivity index (χ4v) is 2.03. The zero-order chi connectivity index (χ0) is 14.2. The first-order chi connectivity index (χ1) is 8.91. The topological polar surface area (TPSA) is 110 Å². The normalized spacial score (nSPS) is 13.4. The fraction of sp³-hybridized carbons (Fsp3) is 0.0909. The highest BCUT2D eigenvalue weighted by Gasteiger charge is 2.38. The van der Waals surface area contributed by atoms with Crippen LogP contribution in [0.15, 0.2) is 18.2 Å². The van der Waals surface area contributed by atoms with Gasteiger partial charge in [-0.15, -0.1) is 0 Å². The van der Waals surface area contributed by atoms with Crippen molar-refractivity contribution in [3.63, 3.8) is 0 Å². The van der Waals surface area contributed by atoms with Gasteiger partial charge in [0.15, 0.2) is 0 Å². The summed E-state index contributed by atoms with van der Waals surface area (Å²) in [6.45, 7) is -0.485. The van der Waals surface area contributed by atoms with Crippen LogP contribution in [-0.4, -0.2) is 30.2 Å². The molecule has 1 heterocycles. The number of ketones is 1.